The van der Waals surface area contributed by atoms with Gasteiger partial charge in [0.2, 0.25) is 5.91 Å². The van der Waals surface area contributed by atoms with Crippen LogP contribution in [0.5, 0.6) is 5.75 Å². The summed E-state index contributed by atoms with van der Waals surface area (Å²) in [6.45, 7) is 9.07. The third-order valence-electron chi connectivity index (χ3n) is 6.16. The number of ether oxygens (including phenoxy) is 2. The van der Waals surface area contributed by atoms with Gasteiger partial charge in [-0.05, 0) is 44.0 Å². The van der Waals surface area contributed by atoms with Gasteiger partial charge in [-0.3, -0.25) is 9.69 Å². The average molecular weight is 449 g/mol. The van der Waals surface area contributed by atoms with E-state index in [0.717, 1.165) is 83.8 Å². The van der Waals surface area contributed by atoms with E-state index in [-0.39, 0.29) is 5.91 Å². The Balaban J connectivity index is 1.51. The largest absolute Gasteiger partial charge is 0.496 e. The zero-order valence-electron chi connectivity index (χ0n) is 19.6. The van der Waals surface area contributed by atoms with Crippen LogP contribution in [0.4, 0.5) is 0 Å². The van der Waals surface area contributed by atoms with Crippen LogP contribution in [-0.2, 0) is 9.53 Å². The first-order valence-corrected chi connectivity index (χ1v) is 11.5. The van der Waals surface area contributed by atoms with Gasteiger partial charge in [0.25, 0.3) is 0 Å². The van der Waals surface area contributed by atoms with Crippen molar-refractivity contribution in [2.24, 2.45) is 0 Å². The molecule has 0 aliphatic carbocycles. The number of aryl methyl sites for hydroxylation is 1. The number of methoxy groups -OCH3 is 1. The SMILES string of the molecule is COc1c(/C(C)=C/C(=O)NCCCN2CCOCC2)cc2c(-c3ccccc3)coc2c1C. The van der Waals surface area contributed by atoms with E-state index in [1.807, 2.05) is 32.0 Å². The van der Waals surface area contributed by atoms with Crippen LogP contribution in [0.25, 0.3) is 27.7 Å². The molecule has 0 radical (unpaired) electrons. The monoisotopic (exact) mass is 448 g/mol. The normalized spacial score (nSPS) is 15.1. The molecule has 0 spiro atoms. The van der Waals surface area contributed by atoms with Gasteiger partial charge in [0, 0.05) is 47.8 Å². The van der Waals surface area contributed by atoms with Crippen LogP contribution in [0.2, 0.25) is 0 Å². The maximum absolute atomic E-state index is 12.6. The molecule has 2 heterocycles. The highest BCUT2D eigenvalue weighted by atomic mass is 16.5. The molecule has 1 N–H and O–H groups in total. The predicted octanol–water partition coefficient (Wildman–Crippen LogP) is 4.66. The molecule has 6 heteroatoms. The summed E-state index contributed by atoms with van der Waals surface area (Å²) < 4.78 is 17.0. The molecule has 0 bridgehead atoms. The minimum absolute atomic E-state index is 0.0928. The molecule has 174 valence electrons. The number of fused-ring (bicyclic) bond motifs is 1. The van der Waals surface area contributed by atoms with Gasteiger partial charge in [-0.25, -0.2) is 0 Å². The van der Waals surface area contributed by atoms with Crippen molar-refractivity contribution in [2.45, 2.75) is 20.3 Å². The Hall–Kier alpha value is -3.09. The Labute approximate surface area is 195 Å². The van der Waals surface area contributed by atoms with E-state index in [1.54, 1.807) is 19.4 Å². The molecule has 0 atom stereocenters. The Morgan fingerprint density at radius 3 is 2.70 bits per heavy atom. The molecule has 1 aromatic heterocycles. The number of nitrogens with one attached hydrogen (secondary N) is 1. The lowest BCUT2D eigenvalue weighted by molar-refractivity contribution is -0.116. The van der Waals surface area contributed by atoms with Crippen molar-refractivity contribution < 1.29 is 18.7 Å². The first-order chi connectivity index (χ1) is 16.1. The summed E-state index contributed by atoms with van der Waals surface area (Å²) in [7, 11) is 1.65. The van der Waals surface area contributed by atoms with Gasteiger partial charge >= 0.3 is 0 Å². The molecule has 1 saturated heterocycles. The van der Waals surface area contributed by atoms with Crippen molar-refractivity contribution >= 4 is 22.4 Å². The molecule has 1 amide bonds. The van der Waals surface area contributed by atoms with E-state index >= 15 is 0 Å². The Bertz CT molecular complexity index is 1130. The number of carbonyl (C=O) groups is 1. The van der Waals surface area contributed by atoms with Gasteiger partial charge in [0.15, 0.2) is 0 Å². The van der Waals surface area contributed by atoms with E-state index < -0.39 is 0 Å². The molecule has 1 aliphatic heterocycles. The summed E-state index contributed by atoms with van der Waals surface area (Å²) in [6, 6.07) is 12.2. The summed E-state index contributed by atoms with van der Waals surface area (Å²) >= 11 is 0. The van der Waals surface area contributed by atoms with E-state index in [2.05, 4.69) is 28.4 Å². The fourth-order valence-electron chi connectivity index (χ4n) is 4.38. The number of hydrogen-bond acceptors (Lipinski definition) is 5. The van der Waals surface area contributed by atoms with Gasteiger partial charge in [-0.1, -0.05) is 30.3 Å². The van der Waals surface area contributed by atoms with Crippen molar-refractivity contribution in [2.75, 3.05) is 46.5 Å². The molecule has 3 aromatic rings. The lowest BCUT2D eigenvalue weighted by Gasteiger charge is -2.26. The average Bonchev–Trinajstić information content (AvgIpc) is 3.27. The van der Waals surface area contributed by atoms with Gasteiger partial charge in [0.05, 0.1) is 26.6 Å². The van der Waals surface area contributed by atoms with Crippen molar-refractivity contribution in [3.05, 3.63) is 59.9 Å². The van der Waals surface area contributed by atoms with E-state index in [4.69, 9.17) is 13.9 Å². The first kappa shape index (κ1) is 23.1. The van der Waals surface area contributed by atoms with Gasteiger partial charge in [-0.2, -0.15) is 0 Å². The molecule has 4 rings (SSSR count). The maximum atomic E-state index is 12.6. The molecular formula is C27H32N2O4. The minimum Gasteiger partial charge on any atom is -0.496 e. The second kappa shape index (κ2) is 10.7. The third kappa shape index (κ3) is 5.29. The minimum atomic E-state index is -0.0928. The standard InChI is InChI=1S/C27H32N2O4/c1-19(16-25(30)28-10-7-11-29-12-14-32-15-13-29)22-17-23-24(21-8-5-4-6-9-21)18-33-27(23)20(2)26(22)31-3/h4-6,8-9,16-18H,7,10-15H2,1-3H3,(H,28,30)/b19-16+. The second-order valence-electron chi connectivity index (χ2n) is 8.40. The van der Waals surface area contributed by atoms with Crippen LogP contribution in [0.3, 0.4) is 0 Å². The van der Waals surface area contributed by atoms with Crippen molar-refractivity contribution in [1.82, 2.24) is 10.2 Å². The number of hydrogen-bond donors (Lipinski definition) is 1. The Morgan fingerprint density at radius 1 is 1.21 bits per heavy atom. The zero-order valence-corrected chi connectivity index (χ0v) is 19.6. The maximum Gasteiger partial charge on any atom is 0.244 e. The number of amides is 1. The highest BCUT2D eigenvalue weighted by Crippen LogP contribution is 2.40. The summed E-state index contributed by atoms with van der Waals surface area (Å²) in [5, 5.41) is 4.02. The van der Waals surface area contributed by atoms with Crippen molar-refractivity contribution in [3.63, 3.8) is 0 Å². The lowest BCUT2D eigenvalue weighted by atomic mass is 9.96. The van der Waals surface area contributed by atoms with E-state index in [9.17, 15) is 4.79 Å². The number of carbonyl (C=O) groups excluding carboxylic acids is 1. The van der Waals surface area contributed by atoms with Crippen LogP contribution in [0.1, 0.15) is 24.5 Å². The fourth-order valence-corrected chi connectivity index (χ4v) is 4.38. The fraction of sp³-hybridized carbons (Fsp3) is 0.370. The smallest absolute Gasteiger partial charge is 0.244 e. The lowest BCUT2D eigenvalue weighted by Crippen LogP contribution is -2.38. The molecule has 6 nitrogen and oxygen atoms in total. The molecule has 0 unspecified atom stereocenters. The van der Waals surface area contributed by atoms with Crippen molar-refractivity contribution in [3.8, 4) is 16.9 Å². The topological polar surface area (TPSA) is 63.9 Å². The summed E-state index contributed by atoms with van der Waals surface area (Å²) in [6.07, 6.45) is 4.36. The van der Waals surface area contributed by atoms with Crippen LogP contribution < -0.4 is 10.1 Å². The quantitative estimate of drug-likeness (QED) is 0.401. The number of morpholine rings is 1. The van der Waals surface area contributed by atoms with Crippen LogP contribution >= 0.6 is 0 Å². The van der Waals surface area contributed by atoms with Crippen LogP contribution in [-0.4, -0.2) is 57.3 Å². The molecule has 0 saturated carbocycles. The van der Waals surface area contributed by atoms with Gasteiger partial charge in [0.1, 0.15) is 11.3 Å². The number of nitrogens with zero attached hydrogens (tertiary/aromatic N) is 1. The summed E-state index contributed by atoms with van der Waals surface area (Å²) in [5.41, 5.74) is 5.58. The highest BCUT2D eigenvalue weighted by molar-refractivity contribution is 6.01. The van der Waals surface area contributed by atoms with E-state index in [1.165, 1.54) is 0 Å². The molecule has 33 heavy (non-hydrogen) atoms. The molecule has 1 fully saturated rings. The van der Waals surface area contributed by atoms with Gasteiger partial charge in [-0.15, -0.1) is 0 Å². The van der Waals surface area contributed by atoms with Crippen molar-refractivity contribution in [1.29, 1.82) is 0 Å². The number of allylic oxidation sites excluding steroid dienone is 1. The number of benzene rings is 2. The van der Waals surface area contributed by atoms with Crippen LogP contribution in [0, 0.1) is 6.92 Å². The third-order valence-corrected chi connectivity index (χ3v) is 6.16. The van der Waals surface area contributed by atoms with Gasteiger partial charge < -0.3 is 19.2 Å². The Kier molecular flexibility index (Phi) is 7.47. The number of rotatable bonds is 8. The summed E-state index contributed by atoms with van der Waals surface area (Å²) in [5.74, 6) is 0.634. The Morgan fingerprint density at radius 2 is 1.97 bits per heavy atom. The second-order valence-corrected chi connectivity index (χ2v) is 8.40. The van der Waals surface area contributed by atoms with E-state index in [0.29, 0.717) is 6.54 Å². The zero-order chi connectivity index (χ0) is 23.2. The summed E-state index contributed by atoms with van der Waals surface area (Å²) in [4.78, 5) is 15.0. The number of furan rings is 1. The highest BCUT2D eigenvalue weighted by Gasteiger charge is 2.18. The molecule has 2 aromatic carbocycles. The molecule has 1 aliphatic rings. The van der Waals surface area contributed by atoms with Crippen LogP contribution in [0.15, 0.2) is 53.2 Å². The predicted molar refractivity (Wildman–Crippen MR) is 131 cm³/mol. The molecular weight excluding hydrogens is 416 g/mol. The first-order valence-electron chi connectivity index (χ1n) is 11.5.